The van der Waals surface area contributed by atoms with Gasteiger partial charge in [0.1, 0.15) is 0 Å². The highest BCUT2D eigenvalue weighted by molar-refractivity contribution is 5.33. The number of hydrogen-bond donors (Lipinski definition) is 0. The average molecular weight is 1530 g/mol. The lowest BCUT2D eigenvalue weighted by Gasteiger charge is -2.36. The van der Waals surface area contributed by atoms with Crippen LogP contribution in [0.15, 0.2) is 72.8 Å². The van der Waals surface area contributed by atoms with Crippen LogP contribution < -0.4 is 0 Å². The Morgan fingerprint density at radius 2 is 0.864 bits per heavy atom. The highest BCUT2D eigenvalue weighted by Crippen LogP contribution is 2.41. The Balaban J connectivity index is -0.00000113. The highest BCUT2D eigenvalue weighted by Gasteiger charge is 2.29. The first-order chi connectivity index (χ1) is 51.1. The van der Waals surface area contributed by atoms with E-state index in [-0.39, 0.29) is 0 Å². The molecule has 0 spiro atoms. The minimum atomic E-state index is 0.637. The molecule has 0 bridgehead atoms. The molecule has 0 aromatic heterocycles. The molecule has 0 amide bonds. The largest absolute Gasteiger partial charge is 0.312 e. The van der Waals surface area contributed by atoms with Crippen molar-refractivity contribution in [1.29, 1.82) is 0 Å². The Bertz CT molecular complexity index is 2690. The van der Waals surface area contributed by atoms with Gasteiger partial charge in [-0.3, -0.25) is 0 Å². The zero-order valence-corrected chi connectivity index (χ0v) is 82.5. The summed E-state index contributed by atoms with van der Waals surface area (Å²) in [7, 11) is 6.00. The topological polar surface area (TPSA) is 3.24 Å². The summed E-state index contributed by atoms with van der Waals surface area (Å²) in [5.41, 5.74) is 18.8. The van der Waals surface area contributed by atoms with E-state index in [0.29, 0.717) is 16.2 Å². The van der Waals surface area contributed by atoms with Crippen molar-refractivity contribution in [3.8, 4) is 0 Å². The molecule has 10 rings (SSSR count). The molecule has 0 aliphatic heterocycles. The second-order valence-electron chi connectivity index (χ2n) is 41.5. The number of rotatable bonds is 8. The molecule has 8 atom stereocenters. The number of unbranched alkanes of at least 4 members (excludes halogenated alkanes) is 1. The summed E-state index contributed by atoms with van der Waals surface area (Å²) >= 11 is 0. The number of aryl methyl sites for hydroxylation is 11. The Morgan fingerprint density at radius 3 is 1.20 bits per heavy atom. The van der Waals surface area contributed by atoms with Crippen LogP contribution in [0.3, 0.4) is 0 Å². The molecule has 0 radical (unpaired) electrons. The second-order valence-corrected chi connectivity index (χ2v) is 41.5. The smallest absolute Gasteiger partial charge is 0.0140 e. The molecule has 6 aliphatic rings. The third-order valence-corrected chi connectivity index (χ3v) is 25.7. The molecular weight excluding hydrogens is 1320 g/mol. The van der Waals surface area contributed by atoms with E-state index in [1.165, 1.54) is 234 Å². The van der Waals surface area contributed by atoms with Crippen LogP contribution in [0.1, 0.15) is 421 Å². The van der Waals surface area contributed by atoms with Crippen LogP contribution in [0.5, 0.6) is 0 Å². The van der Waals surface area contributed by atoms with E-state index in [9.17, 15) is 0 Å². The van der Waals surface area contributed by atoms with Gasteiger partial charge in [0.15, 0.2) is 0 Å². The first-order valence-electron chi connectivity index (χ1n) is 46.9. The van der Waals surface area contributed by atoms with Gasteiger partial charge in [-0.05, 0) is 304 Å². The fraction of sp³-hybridized carbons (Fsp3) is 0.780. The lowest BCUT2D eigenvalue weighted by molar-refractivity contribution is 0.154. The number of nitrogens with zero attached hydrogens (tertiary/aromatic N) is 1. The molecule has 6 aliphatic carbocycles. The minimum Gasteiger partial charge on any atom is -0.312 e. The van der Waals surface area contributed by atoms with Crippen molar-refractivity contribution in [3.63, 3.8) is 0 Å². The molecule has 1 heteroatoms. The summed E-state index contributed by atoms with van der Waals surface area (Å²) in [6.07, 6.45) is 41.0. The van der Waals surface area contributed by atoms with Crippen molar-refractivity contribution < 1.29 is 0 Å². The van der Waals surface area contributed by atoms with E-state index in [1.807, 2.05) is 26.0 Å². The monoisotopic (exact) mass is 1520 g/mol. The maximum absolute atomic E-state index is 2.40. The van der Waals surface area contributed by atoms with Crippen LogP contribution in [-0.4, -0.2) is 26.0 Å². The quantitative estimate of drug-likeness (QED) is 0.170. The predicted molar refractivity (Wildman–Crippen MR) is 509 cm³/mol. The predicted octanol–water partition coefficient (Wildman–Crippen LogP) is 35.6. The van der Waals surface area contributed by atoms with Gasteiger partial charge in [-0.25, -0.2) is 0 Å². The number of benzene rings is 4. The fourth-order valence-corrected chi connectivity index (χ4v) is 17.1. The average Bonchev–Trinajstić information content (AvgIpc) is 0.863. The van der Waals surface area contributed by atoms with Crippen LogP contribution in [0, 0.1) is 161 Å². The van der Waals surface area contributed by atoms with Crippen molar-refractivity contribution >= 4 is 0 Å². The molecule has 1 nitrogen and oxygen atoms in total. The van der Waals surface area contributed by atoms with Gasteiger partial charge in [-0.1, -0.05) is 391 Å². The van der Waals surface area contributed by atoms with E-state index >= 15 is 0 Å². The van der Waals surface area contributed by atoms with Crippen LogP contribution in [0.25, 0.3) is 0 Å². The molecule has 110 heavy (non-hydrogen) atoms. The van der Waals surface area contributed by atoms with Gasteiger partial charge < -0.3 is 4.90 Å². The summed E-state index contributed by atoms with van der Waals surface area (Å²) in [5, 5.41) is 0. The van der Waals surface area contributed by atoms with Gasteiger partial charge in [-0.15, -0.1) is 0 Å². The van der Waals surface area contributed by atoms with E-state index in [1.54, 1.807) is 0 Å². The maximum atomic E-state index is 2.40. The highest BCUT2D eigenvalue weighted by atomic mass is 15.0. The van der Waals surface area contributed by atoms with Crippen molar-refractivity contribution in [2.75, 3.05) is 21.1 Å². The molecule has 4 aromatic rings. The summed E-state index contributed by atoms with van der Waals surface area (Å²) in [5.74, 6) is 13.6. The Morgan fingerprint density at radius 1 is 0.373 bits per heavy atom. The molecule has 6 saturated carbocycles. The summed E-state index contributed by atoms with van der Waals surface area (Å²) < 4.78 is 0. The van der Waals surface area contributed by atoms with Gasteiger partial charge in [-0.2, -0.15) is 0 Å². The molecule has 4 aromatic carbocycles. The molecule has 0 heterocycles. The van der Waals surface area contributed by atoms with Crippen molar-refractivity contribution in [2.45, 2.75) is 435 Å². The lowest BCUT2D eigenvalue weighted by Crippen LogP contribution is -2.24. The Hall–Kier alpha value is -3.16. The van der Waals surface area contributed by atoms with Crippen LogP contribution in [0.4, 0.5) is 0 Å². The zero-order valence-electron chi connectivity index (χ0n) is 82.5. The molecule has 642 valence electrons. The Labute approximate surface area is 695 Å². The third-order valence-electron chi connectivity index (χ3n) is 25.7. The van der Waals surface area contributed by atoms with Gasteiger partial charge in [0, 0.05) is 0 Å². The fourth-order valence-electron chi connectivity index (χ4n) is 17.1. The van der Waals surface area contributed by atoms with Gasteiger partial charge in [0.05, 0.1) is 0 Å². The third kappa shape index (κ3) is 58.6. The van der Waals surface area contributed by atoms with E-state index in [0.717, 1.165) is 102 Å². The SMILES string of the molecule is CC(C)C.CC1CC(C)CC(C)C1.CC1CCC(C)(C)CC1.CC1CCC(C)C(C)C1.CC1CCCC(C)(C)C1.CC1CCCC(C)C1C.CC1CCCCC1(C)C.CCCCC(C)CCC.CCc1ccc(CC)c(CC)c1.CN(C)C.Cc1cc(C)cc(C)c1.Cc1ccc(C)c(C)c1.Cc1cccc(C)c1C. The maximum Gasteiger partial charge on any atom is -0.0140 e. The van der Waals surface area contributed by atoms with Gasteiger partial charge in [0.25, 0.3) is 0 Å². The minimum absolute atomic E-state index is 0.637. The Kier molecular flexibility index (Phi) is 62.7. The van der Waals surface area contributed by atoms with E-state index in [2.05, 4.69) is 322 Å². The summed E-state index contributed by atoms with van der Waals surface area (Å²) in [4.78, 5) is 2.00. The van der Waals surface area contributed by atoms with Crippen molar-refractivity contribution in [1.82, 2.24) is 4.90 Å². The van der Waals surface area contributed by atoms with Crippen molar-refractivity contribution in [3.05, 3.63) is 140 Å². The van der Waals surface area contributed by atoms with E-state index < -0.39 is 0 Å². The lowest BCUT2D eigenvalue weighted by atomic mass is 9.70. The zero-order chi connectivity index (χ0) is 85.1. The first-order valence-corrected chi connectivity index (χ1v) is 46.9. The normalized spacial score (nSPS) is 24.2. The van der Waals surface area contributed by atoms with Crippen LogP contribution in [0.2, 0.25) is 0 Å². The van der Waals surface area contributed by atoms with E-state index in [4.69, 9.17) is 0 Å². The summed E-state index contributed by atoms with van der Waals surface area (Å²) in [6, 6.07) is 26.3. The molecule has 0 saturated heterocycles. The molecule has 8 unspecified atom stereocenters. The van der Waals surface area contributed by atoms with Crippen LogP contribution >= 0.6 is 0 Å². The van der Waals surface area contributed by atoms with Gasteiger partial charge >= 0.3 is 0 Å². The molecule has 6 fully saturated rings. The van der Waals surface area contributed by atoms with Crippen LogP contribution in [-0.2, 0) is 19.3 Å². The molecule has 0 N–H and O–H groups in total. The van der Waals surface area contributed by atoms with Gasteiger partial charge in [0.2, 0.25) is 0 Å². The first kappa shape index (κ1) is 111. The molecular formula is C109H201N. The van der Waals surface area contributed by atoms with Crippen molar-refractivity contribution in [2.24, 2.45) is 99.1 Å². The second kappa shape index (κ2) is 62.1. The standard InChI is InChI=1S/C12H18.C9H18.C9H12.2C9H18.C9H12.3C9H18.C9H12.C9H20.C4H10.C3H9N/c1-4-10-7-8-11(5-2)12(6-3)9-10;2*1-7-4-8(2)6-9(3)5-7;1-8-4-6-9(2,3)7-5-8;2*1-7-4-5-8(2)9(3)6-7;1-8-5-4-6-9(2,3)7-8;1-8-6-4-5-7-9(8,2)3;2*1-7-5-4-6-8(2)9(7)3;1-4-6-8-9(3)7-5-2;2*1-4(2)3/h7-9H,4-6H2,1-3H3;7-9H,4-6H2,1-3H3;4-6H,1-3H3;8H,4-7H2,1-3H3;7-9H,4-6H2,1-3H3;4-6H,1-3H3;2*8H,4-7H2,1-3H3;7-9H,4-6H2,1-3H3;4-6H,1-3H3;9H,4-8H2,1-3H3;4H,1-3H3;1-3H3. The number of hydrogen-bond acceptors (Lipinski definition) is 1. The summed E-state index contributed by atoms with van der Waals surface area (Å²) in [6.45, 7) is 82.2.